The molecule has 0 aliphatic heterocycles. The minimum absolute atomic E-state index is 0.0690. The van der Waals surface area contributed by atoms with Crippen molar-refractivity contribution >= 4 is 5.91 Å². The molecular weight excluding hydrogens is 207 g/mol. The van der Waals surface area contributed by atoms with Crippen LogP contribution >= 0.6 is 0 Å². The summed E-state index contributed by atoms with van der Waals surface area (Å²) in [6.07, 6.45) is 0. The minimum Gasteiger partial charge on any atom is -0.344 e. The first-order chi connectivity index (χ1) is 7.63. The molecule has 0 bridgehead atoms. The van der Waals surface area contributed by atoms with Crippen molar-refractivity contribution < 1.29 is 9.18 Å². The van der Waals surface area contributed by atoms with E-state index in [1.54, 1.807) is 12.1 Å². The number of amides is 1. The van der Waals surface area contributed by atoms with E-state index < -0.39 is 0 Å². The highest BCUT2D eigenvalue weighted by molar-refractivity contribution is 5.77. The third-order valence-electron chi connectivity index (χ3n) is 1.90. The van der Waals surface area contributed by atoms with Gasteiger partial charge in [0.15, 0.2) is 0 Å². The topological polar surface area (TPSA) is 55.1 Å². The fourth-order valence-corrected chi connectivity index (χ4v) is 1.09. The van der Waals surface area contributed by atoms with Gasteiger partial charge in [-0.2, -0.15) is 0 Å². The number of hydrogen-bond acceptors (Lipinski definition) is 2. The molecular formula is C12H13FN2O. The average Bonchev–Trinajstić information content (AvgIpc) is 2.28. The van der Waals surface area contributed by atoms with Crippen LogP contribution in [0, 0.1) is 24.6 Å². The number of carbonyl (C=O) groups is 1. The smallest absolute Gasteiger partial charge is 0.234 e. The first kappa shape index (κ1) is 12.2. The number of aryl methyl sites for hydroxylation is 1. The van der Waals surface area contributed by atoms with Gasteiger partial charge < -0.3 is 11.1 Å². The summed E-state index contributed by atoms with van der Waals surface area (Å²) in [5.74, 6) is 4.67. The number of nitrogens with one attached hydrogen (secondary N) is 1. The highest BCUT2D eigenvalue weighted by Crippen LogP contribution is 2.07. The van der Waals surface area contributed by atoms with Crippen molar-refractivity contribution in [1.82, 2.24) is 5.32 Å². The maximum absolute atomic E-state index is 13.2. The van der Waals surface area contributed by atoms with E-state index in [0.717, 1.165) is 5.56 Å². The Morgan fingerprint density at radius 2 is 2.31 bits per heavy atom. The van der Waals surface area contributed by atoms with E-state index in [1.165, 1.54) is 6.07 Å². The Labute approximate surface area is 93.8 Å². The second-order valence-corrected chi connectivity index (χ2v) is 3.27. The second kappa shape index (κ2) is 5.89. The molecule has 0 saturated heterocycles. The van der Waals surface area contributed by atoms with Crippen LogP contribution in [0.2, 0.25) is 0 Å². The van der Waals surface area contributed by atoms with Gasteiger partial charge >= 0.3 is 0 Å². The van der Waals surface area contributed by atoms with E-state index in [4.69, 9.17) is 5.73 Å². The van der Waals surface area contributed by atoms with E-state index >= 15 is 0 Å². The molecule has 3 nitrogen and oxygen atoms in total. The fraction of sp³-hybridized carbons (Fsp3) is 0.250. The highest BCUT2D eigenvalue weighted by Gasteiger charge is 1.97. The lowest BCUT2D eigenvalue weighted by atomic mass is 10.1. The number of hydrogen-bond donors (Lipinski definition) is 2. The fourth-order valence-electron chi connectivity index (χ4n) is 1.09. The zero-order valence-corrected chi connectivity index (χ0v) is 9.01. The van der Waals surface area contributed by atoms with Gasteiger partial charge in [-0.1, -0.05) is 17.9 Å². The summed E-state index contributed by atoms with van der Waals surface area (Å²) >= 11 is 0. The van der Waals surface area contributed by atoms with Crippen molar-refractivity contribution in [2.75, 3.05) is 13.1 Å². The lowest BCUT2D eigenvalue weighted by Gasteiger charge is -1.97. The molecule has 0 fully saturated rings. The van der Waals surface area contributed by atoms with Gasteiger partial charge in [-0.25, -0.2) is 4.39 Å². The Morgan fingerprint density at radius 3 is 3.00 bits per heavy atom. The summed E-state index contributed by atoms with van der Waals surface area (Å²) < 4.78 is 13.2. The predicted molar refractivity (Wildman–Crippen MR) is 60.1 cm³/mol. The Balaban J connectivity index is 2.62. The normalized spacial score (nSPS) is 9.19. The number of rotatable bonds is 2. The zero-order valence-electron chi connectivity index (χ0n) is 9.01. The van der Waals surface area contributed by atoms with Crippen LogP contribution in [-0.2, 0) is 4.79 Å². The monoisotopic (exact) mass is 220 g/mol. The summed E-state index contributed by atoms with van der Waals surface area (Å²) in [5, 5.41) is 2.48. The Morgan fingerprint density at radius 1 is 1.56 bits per heavy atom. The molecule has 4 heteroatoms. The van der Waals surface area contributed by atoms with Crippen LogP contribution in [0.5, 0.6) is 0 Å². The van der Waals surface area contributed by atoms with Crippen LogP contribution in [0.4, 0.5) is 4.39 Å². The Bertz CT molecular complexity index is 446. The van der Waals surface area contributed by atoms with Crippen molar-refractivity contribution in [3.05, 3.63) is 35.1 Å². The molecule has 84 valence electrons. The van der Waals surface area contributed by atoms with Crippen molar-refractivity contribution in [2.45, 2.75) is 6.92 Å². The van der Waals surface area contributed by atoms with Gasteiger partial charge in [-0.15, -0.1) is 0 Å². The van der Waals surface area contributed by atoms with E-state index in [0.29, 0.717) is 5.56 Å². The Hall–Kier alpha value is -1.86. The molecule has 3 N–H and O–H groups in total. The van der Waals surface area contributed by atoms with Crippen LogP contribution in [0.25, 0.3) is 0 Å². The van der Waals surface area contributed by atoms with Gasteiger partial charge in [0.05, 0.1) is 18.7 Å². The number of carbonyl (C=O) groups excluding carboxylic acids is 1. The zero-order chi connectivity index (χ0) is 12.0. The predicted octanol–water partition coefficient (Wildman–Crippen LogP) is 0.561. The molecule has 0 heterocycles. The third-order valence-corrected chi connectivity index (χ3v) is 1.90. The minimum atomic E-state index is -0.358. The highest BCUT2D eigenvalue weighted by atomic mass is 19.1. The average molecular weight is 220 g/mol. The molecule has 0 radical (unpaired) electrons. The van der Waals surface area contributed by atoms with Gasteiger partial charge in [0.1, 0.15) is 5.82 Å². The summed E-state index contributed by atoms with van der Waals surface area (Å²) in [6.45, 7) is 1.96. The van der Waals surface area contributed by atoms with Crippen molar-refractivity contribution in [2.24, 2.45) is 5.73 Å². The second-order valence-electron chi connectivity index (χ2n) is 3.27. The van der Waals surface area contributed by atoms with Crippen molar-refractivity contribution in [3.63, 3.8) is 0 Å². The van der Waals surface area contributed by atoms with Gasteiger partial charge in [0, 0.05) is 0 Å². The van der Waals surface area contributed by atoms with Crippen molar-refractivity contribution in [3.8, 4) is 11.8 Å². The van der Waals surface area contributed by atoms with E-state index in [2.05, 4.69) is 17.2 Å². The summed E-state index contributed by atoms with van der Waals surface area (Å²) in [5.41, 5.74) is 6.37. The van der Waals surface area contributed by atoms with Crippen LogP contribution < -0.4 is 11.1 Å². The third kappa shape index (κ3) is 3.71. The van der Waals surface area contributed by atoms with Gasteiger partial charge in [0.2, 0.25) is 5.91 Å². The lowest BCUT2D eigenvalue weighted by Crippen LogP contribution is -2.30. The molecule has 0 saturated carbocycles. The summed E-state index contributed by atoms with van der Waals surface area (Å²) in [7, 11) is 0. The molecule has 1 aromatic rings. The van der Waals surface area contributed by atoms with Gasteiger partial charge in [-0.3, -0.25) is 4.79 Å². The van der Waals surface area contributed by atoms with Crippen LogP contribution in [0.1, 0.15) is 11.1 Å². The lowest BCUT2D eigenvalue weighted by molar-refractivity contribution is -0.119. The quantitative estimate of drug-likeness (QED) is 0.715. The van der Waals surface area contributed by atoms with Gasteiger partial charge in [-0.05, 0) is 24.6 Å². The molecule has 1 amide bonds. The number of halogens is 1. The largest absolute Gasteiger partial charge is 0.344 e. The van der Waals surface area contributed by atoms with Crippen LogP contribution in [0.15, 0.2) is 18.2 Å². The first-order valence-corrected chi connectivity index (χ1v) is 4.85. The molecule has 1 aromatic carbocycles. The molecule has 0 aliphatic rings. The summed E-state index contributed by atoms with van der Waals surface area (Å²) in [6, 6.07) is 4.71. The standard InChI is InChI=1S/C12H13FN2O/c1-9-4-5-11(13)10(7-9)3-2-6-15-12(16)8-14/h4-5,7H,6,8,14H2,1H3,(H,15,16). The molecule has 0 unspecified atom stereocenters. The van der Waals surface area contributed by atoms with E-state index in [9.17, 15) is 9.18 Å². The number of benzene rings is 1. The van der Waals surface area contributed by atoms with Crippen LogP contribution in [-0.4, -0.2) is 19.0 Å². The molecule has 1 rings (SSSR count). The maximum Gasteiger partial charge on any atom is 0.234 e. The molecule has 0 atom stereocenters. The van der Waals surface area contributed by atoms with Crippen LogP contribution in [0.3, 0.4) is 0 Å². The van der Waals surface area contributed by atoms with Crippen molar-refractivity contribution in [1.29, 1.82) is 0 Å². The molecule has 16 heavy (non-hydrogen) atoms. The van der Waals surface area contributed by atoms with E-state index in [-0.39, 0.29) is 24.8 Å². The SMILES string of the molecule is Cc1ccc(F)c(C#CCNC(=O)CN)c1. The molecule has 0 aromatic heterocycles. The van der Waals surface area contributed by atoms with Gasteiger partial charge in [0.25, 0.3) is 0 Å². The number of nitrogens with two attached hydrogens (primary N) is 1. The molecule has 0 spiro atoms. The Kier molecular flexibility index (Phi) is 4.49. The summed E-state index contributed by atoms with van der Waals surface area (Å²) in [4.78, 5) is 10.8. The molecule has 0 aliphatic carbocycles. The van der Waals surface area contributed by atoms with E-state index in [1.807, 2.05) is 6.92 Å². The maximum atomic E-state index is 13.2. The first-order valence-electron chi connectivity index (χ1n) is 4.85.